The molecule has 0 unspecified atom stereocenters. The third-order valence-electron chi connectivity index (χ3n) is 3.93. The molecule has 24 heavy (non-hydrogen) atoms. The van der Waals surface area contributed by atoms with Crippen LogP contribution in [0.1, 0.15) is 24.6 Å². The van der Waals surface area contributed by atoms with Crippen LogP contribution in [0.25, 0.3) is 0 Å². The van der Waals surface area contributed by atoms with Gasteiger partial charge in [-0.1, -0.05) is 11.8 Å². The van der Waals surface area contributed by atoms with Crippen LogP contribution in [0.2, 0.25) is 0 Å². The molecule has 1 amide bonds. The fourth-order valence-electron chi connectivity index (χ4n) is 2.61. The summed E-state index contributed by atoms with van der Waals surface area (Å²) < 4.78 is 5.09. The number of methoxy groups -OCH3 is 1. The molecule has 3 rings (SSSR count). The van der Waals surface area contributed by atoms with E-state index in [0.717, 1.165) is 36.3 Å². The molecule has 126 valence electrons. The molecule has 0 saturated carbocycles. The van der Waals surface area contributed by atoms with Gasteiger partial charge < -0.3 is 15.0 Å². The van der Waals surface area contributed by atoms with Gasteiger partial charge in [0.25, 0.3) is 5.56 Å². The van der Waals surface area contributed by atoms with Crippen LogP contribution < -0.4 is 15.6 Å². The number of anilines is 1. The number of nitrogens with zero attached hydrogens (tertiary/aromatic N) is 1. The van der Waals surface area contributed by atoms with Crippen LogP contribution in [0, 0.1) is 0 Å². The van der Waals surface area contributed by atoms with Crippen molar-refractivity contribution >= 4 is 23.4 Å². The highest BCUT2D eigenvalue weighted by molar-refractivity contribution is 8.00. The summed E-state index contributed by atoms with van der Waals surface area (Å²) >= 11 is 1.26. The van der Waals surface area contributed by atoms with Crippen LogP contribution in [0.4, 0.5) is 5.69 Å². The summed E-state index contributed by atoms with van der Waals surface area (Å²) in [5.74, 6) is 0.587. The number of fused-ring (bicyclic) bond motifs is 1. The standard InChI is InChI=1S/C17H19N3O3S/c1-10(15(21)18-11-6-8-12(23-2)9-7-11)24-17-19-14-5-3-4-13(14)16(22)20-17/h6-10H,3-5H2,1-2H3,(H,18,21)(H,19,20,22)/t10-/m1/s1. The first kappa shape index (κ1) is 16.6. The highest BCUT2D eigenvalue weighted by atomic mass is 32.2. The Morgan fingerprint density at radius 1 is 1.33 bits per heavy atom. The molecule has 0 fully saturated rings. The van der Waals surface area contributed by atoms with E-state index < -0.39 is 0 Å². The highest BCUT2D eigenvalue weighted by Crippen LogP contribution is 2.24. The minimum absolute atomic E-state index is 0.0808. The van der Waals surface area contributed by atoms with Gasteiger partial charge >= 0.3 is 0 Å². The average molecular weight is 345 g/mol. The monoisotopic (exact) mass is 345 g/mol. The summed E-state index contributed by atoms with van der Waals surface area (Å²) in [5.41, 5.74) is 2.27. The number of aromatic amines is 1. The van der Waals surface area contributed by atoms with Gasteiger partial charge in [0.1, 0.15) is 5.75 Å². The summed E-state index contributed by atoms with van der Waals surface area (Å²) in [7, 11) is 1.59. The lowest BCUT2D eigenvalue weighted by atomic mass is 10.3. The quantitative estimate of drug-likeness (QED) is 0.642. The average Bonchev–Trinajstić information content (AvgIpc) is 3.04. The van der Waals surface area contributed by atoms with Crippen LogP contribution in [0.3, 0.4) is 0 Å². The maximum Gasteiger partial charge on any atom is 0.254 e. The van der Waals surface area contributed by atoms with Crippen molar-refractivity contribution < 1.29 is 9.53 Å². The van der Waals surface area contributed by atoms with Crippen molar-refractivity contribution in [2.45, 2.75) is 36.6 Å². The molecule has 1 aromatic heterocycles. The van der Waals surface area contributed by atoms with Crippen molar-refractivity contribution in [3.63, 3.8) is 0 Å². The van der Waals surface area contributed by atoms with Gasteiger partial charge in [-0.25, -0.2) is 4.98 Å². The number of H-pyrrole nitrogens is 1. The van der Waals surface area contributed by atoms with E-state index in [1.807, 2.05) is 0 Å². The maximum atomic E-state index is 12.3. The summed E-state index contributed by atoms with van der Waals surface area (Å²) in [4.78, 5) is 31.6. The Morgan fingerprint density at radius 2 is 2.08 bits per heavy atom. The Kier molecular flexibility index (Phi) is 4.89. The summed E-state index contributed by atoms with van der Waals surface area (Å²) in [6.07, 6.45) is 2.59. The molecule has 0 radical (unpaired) electrons. The van der Waals surface area contributed by atoms with Crippen LogP contribution in [-0.2, 0) is 17.6 Å². The zero-order chi connectivity index (χ0) is 17.1. The van der Waals surface area contributed by atoms with E-state index >= 15 is 0 Å². The van der Waals surface area contributed by atoms with Crippen molar-refractivity contribution in [3.05, 3.63) is 45.9 Å². The minimum atomic E-state index is -0.380. The van der Waals surface area contributed by atoms with E-state index in [9.17, 15) is 9.59 Å². The number of rotatable bonds is 5. The Bertz CT molecular complexity index is 802. The van der Waals surface area contributed by atoms with Crippen LogP contribution in [-0.4, -0.2) is 28.2 Å². The largest absolute Gasteiger partial charge is 0.497 e. The second-order valence-corrected chi connectivity index (χ2v) is 6.96. The molecule has 2 aromatic rings. The van der Waals surface area contributed by atoms with E-state index in [1.165, 1.54) is 11.8 Å². The summed E-state index contributed by atoms with van der Waals surface area (Å²) in [6, 6.07) is 7.13. The number of carbonyl (C=O) groups excluding carboxylic acids is 1. The number of amides is 1. The number of ether oxygens (including phenoxy) is 1. The van der Waals surface area contributed by atoms with Gasteiger partial charge in [-0.2, -0.15) is 0 Å². The molecule has 1 aliphatic carbocycles. The third kappa shape index (κ3) is 3.62. The molecule has 7 heteroatoms. The van der Waals surface area contributed by atoms with Gasteiger partial charge in [0.05, 0.1) is 18.1 Å². The van der Waals surface area contributed by atoms with Crippen molar-refractivity contribution in [1.82, 2.24) is 9.97 Å². The first-order chi connectivity index (χ1) is 11.6. The van der Waals surface area contributed by atoms with E-state index in [4.69, 9.17) is 4.74 Å². The van der Waals surface area contributed by atoms with Crippen molar-refractivity contribution in [3.8, 4) is 5.75 Å². The number of hydrogen-bond donors (Lipinski definition) is 2. The van der Waals surface area contributed by atoms with Gasteiger partial charge in [-0.05, 0) is 50.5 Å². The normalized spacial score (nSPS) is 14.1. The van der Waals surface area contributed by atoms with Crippen molar-refractivity contribution in [2.24, 2.45) is 0 Å². The van der Waals surface area contributed by atoms with Gasteiger partial charge in [0.2, 0.25) is 5.91 Å². The Morgan fingerprint density at radius 3 is 2.79 bits per heavy atom. The van der Waals surface area contributed by atoms with Crippen molar-refractivity contribution in [2.75, 3.05) is 12.4 Å². The van der Waals surface area contributed by atoms with Crippen LogP contribution in [0.15, 0.2) is 34.2 Å². The van der Waals surface area contributed by atoms with Gasteiger partial charge in [0, 0.05) is 11.3 Å². The Labute approximate surface area is 144 Å². The minimum Gasteiger partial charge on any atom is -0.497 e. The molecule has 0 aliphatic heterocycles. The molecule has 1 aliphatic rings. The topological polar surface area (TPSA) is 84.1 Å². The summed E-state index contributed by atoms with van der Waals surface area (Å²) in [5, 5.41) is 2.96. The lowest BCUT2D eigenvalue weighted by molar-refractivity contribution is -0.115. The smallest absolute Gasteiger partial charge is 0.254 e. The fraction of sp³-hybridized carbons (Fsp3) is 0.353. The predicted octanol–water partition coefficient (Wildman–Crippen LogP) is 2.39. The Hall–Kier alpha value is -2.28. The number of aryl methyl sites for hydroxylation is 1. The number of hydrogen-bond acceptors (Lipinski definition) is 5. The van der Waals surface area contributed by atoms with Crippen LogP contribution in [0.5, 0.6) is 5.75 Å². The molecular formula is C17H19N3O3S. The Balaban J connectivity index is 1.65. The second kappa shape index (κ2) is 7.09. The first-order valence-electron chi connectivity index (χ1n) is 7.80. The molecule has 0 spiro atoms. The SMILES string of the molecule is COc1ccc(NC(=O)[C@@H](C)Sc2nc3c(c(=O)[nH]2)CCC3)cc1. The molecule has 1 atom stereocenters. The molecule has 0 bridgehead atoms. The first-order valence-corrected chi connectivity index (χ1v) is 8.68. The molecular weight excluding hydrogens is 326 g/mol. The molecule has 2 N–H and O–H groups in total. The molecule has 1 heterocycles. The maximum absolute atomic E-state index is 12.3. The lowest BCUT2D eigenvalue weighted by Gasteiger charge is -2.12. The van der Waals surface area contributed by atoms with Gasteiger partial charge in [-0.15, -0.1) is 0 Å². The number of nitrogens with one attached hydrogen (secondary N) is 2. The molecule has 6 nitrogen and oxygen atoms in total. The number of benzene rings is 1. The van der Waals surface area contributed by atoms with Crippen LogP contribution >= 0.6 is 11.8 Å². The fourth-order valence-corrected chi connectivity index (χ4v) is 3.43. The van der Waals surface area contributed by atoms with Gasteiger partial charge in [0.15, 0.2) is 5.16 Å². The molecule has 1 aromatic carbocycles. The summed E-state index contributed by atoms with van der Waals surface area (Å²) in [6.45, 7) is 1.79. The zero-order valence-corrected chi connectivity index (χ0v) is 14.4. The second-order valence-electron chi connectivity index (χ2n) is 5.63. The van der Waals surface area contributed by atoms with Gasteiger partial charge in [-0.3, -0.25) is 9.59 Å². The van der Waals surface area contributed by atoms with E-state index in [-0.39, 0.29) is 16.7 Å². The number of thioether (sulfide) groups is 1. The van der Waals surface area contributed by atoms with Crippen molar-refractivity contribution in [1.29, 1.82) is 0 Å². The number of carbonyl (C=O) groups is 1. The number of aromatic nitrogens is 2. The van der Waals surface area contributed by atoms with E-state index in [2.05, 4.69) is 15.3 Å². The molecule has 0 saturated heterocycles. The van der Waals surface area contributed by atoms with E-state index in [0.29, 0.717) is 10.8 Å². The van der Waals surface area contributed by atoms with E-state index in [1.54, 1.807) is 38.3 Å². The zero-order valence-electron chi connectivity index (χ0n) is 13.6. The third-order valence-corrected chi connectivity index (χ3v) is 4.92. The predicted molar refractivity (Wildman–Crippen MR) is 93.8 cm³/mol. The highest BCUT2D eigenvalue weighted by Gasteiger charge is 2.20. The lowest BCUT2D eigenvalue weighted by Crippen LogP contribution is -2.23.